The van der Waals surface area contributed by atoms with E-state index in [0.29, 0.717) is 19.4 Å². The first-order chi connectivity index (χ1) is 9.09. The molecule has 1 saturated carbocycles. The Kier molecular flexibility index (Phi) is 4.58. The maximum absolute atomic E-state index is 12.1. The van der Waals surface area contributed by atoms with E-state index in [4.69, 9.17) is 5.11 Å². The molecule has 19 heavy (non-hydrogen) atoms. The van der Waals surface area contributed by atoms with Crippen LogP contribution >= 0.6 is 0 Å². The van der Waals surface area contributed by atoms with E-state index < -0.39 is 17.8 Å². The molecule has 0 radical (unpaired) electrons. The van der Waals surface area contributed by atoms with Crippen molar-refractivity contribution in [2.75, 3.05) is 6.54 Å². The fourth-order valence-electron chi connectivity index (χ4n) is 3.00. The van der Waals surface area contributed by atoms with Crippen LogP contribution in [0.4, 0.5) is 0 Å². The normalized spacial score (nSPS) is 34.2. The number of amides is 1. The number of carbonyl (C=O) groups is 2. The summed E-state index contributed by atoms with van der Waals surface area (Å²) in [5.41, 5.74) is 0. The van der Waals surface area contributed by atoms with Crippen LogP contribution in [0.25, 0.3) is 0 Å². The Bertz CT molecular complexity index is 380. The quantitative estimate of drug-likeness (QED) is 0.661. The molecule has 5 heteroatoms. The lowest BCUT2D eigenvalue weighted by Gasteiger charge is -2.25. The molecule has 2 aliphatic carbocycles. The number of aliphatic carboxylic acids is 1. The van der Waals surface area contributed by atoms with Crippen LogP contribution in [0.5, 0.6) is 0 Å². The van der Waals surface area contributed by atoms with Crippen molar-refractivity contribution in [3.63, 3.8) is 0 Å². The summed E-state index contributed by atoms with van der Waals surface area (Å²) in [4.78, 5) is 23.2. The Morgan fingerprint density at radius 1 is 1.16 bits per heavy atom. The Hall–Kier alpha value is -1.36. The van der Waals surface area contributed by atoms with Gasteiger partial charge in [0.25, 0.3) is 0 Å². The van der Waals surface area contributed by atoms with Crippen molar-refractivity contribution < 1.29 is 19.8 Å². The summed E-state index contributed by atoms with van der Waals surface area (Å²) < 4.78 is 0. The minimum atomic E-state index is -0.912. The number of rotatable bonds is 4. The monoisotopic (exact) mass is 267 g/mol. The molecule has 0 aromatic carbocycles. The molecule has 0 aromatic heterocycles. The average Bonchev–Trinajstić information content (AvgIpc) is 2.81. The van der Waals surface area contributed by atoms with Crippen molar-refractivity contribution in [1.82, 2.24) is 5.32 Å². The molecule has 0 spiro atoms. The van der Waals surface area contributed by atoms with Gasteiger partial charge in [-0.3, -0.25) is 9.59 Å². The average molecular weight is 267 g/mol. The summed E-state index contributed by atoms with van der Waals surface area (Å²) >= 11 is 0. The molecule has 0 bridgehead atoms. The maximum Gasteiger partial charge on any atom is 0.307 e. The van der Waals surface area contributed by atoms with Gasteiger partial charge < -0.3 is 15.5 Å². The Morgan fingerprint density at radius 2 is 1.84 bits per heavy atom. The molecule has 1 fully saturated rings. The van der Waals surface area contributed by atoms with Crippen LogP contribution in [0, 0.1) is 17.8 Å². The summed E-state index contributed by atoms with van der Waals surface area (Å²) in [6, 6.07) is 0. The van der Waals surface area contributed by atoms with Gasteiger partial charge in [0.05, 0.1) is 17.9 Å². The van der Waals surface area contributed by atoms with Crippen molar-refractivity contribution in [2.45, 2.75) is 38.2 Å². The van der Waals surface area contributed by atoms with Gasteiger partial charge >= 0.3 is 5.97 Å². The molecule has 5 nitrogen and oxygen atoms in total. The van der Waals surface area contributed by atoms with E-state index in [9.17, 15) is 14.7 Å². The van der Waals surface area contributed by atoms with Gasteiger partial charge in [-0.25, -0.2) is 0 Å². The van der Waals surface area contributed by atoms with E-state index in [1.807, 2.05) is 12.2 Å². The molecule has 1 amide bonds. The van der Waals surface area contributed by atoms with E-state index >= 15 is 0 Å². The van der Waals surface area contributed by atoms with E-state index in [1.165, 1.54) is 0 Å². The van der Waals surface area contributed by atoms with Gasteiger partial charge in [-0.1, -0.05) is 18.6 Å². The van der Waals surface area contributed by atoms with Crippen LogP contribution in [0.2, 0.25) is 0 Å². The lowest BCUT2D eigenvalue weighted by Crippen LogP contribution is -2.41. The van der Waals surface area contributed by atoms with Crippen molar-refractivity contribution in [3.05, 3.63) is 12.2 Å². The van der Waals surface area contributed by atoms with Crippen LogP contribution in [0.3, 0.4) is 0 Å². The third-order valence-electron chi connectivity index (χ3n) is 4.24. The summed E-state index contributed by atoms with van der Waals surface area (Å²) in [7, 11) is 0. The third kappa shape index (κ3) is 3.35. The SMILES string of the molecule is O=C(O)C1CC=CCC1C(=O)NCC1CCCC1O. The minimum absolute atomic E-state index is 0.117. The van der Waals surface area contributed by atoms with Crippen LogP contribution in [0.1, 0.15) is 32.1 Å². The number of carboxylic acid groups (broad SMARTS) is 1. The maximum atomic E-state index is 12.1. The van der Waals surface area contributed by atoms with Crippen molar-refractivity contribution in [1.29, 1.82) is 0 Å². The van der Waals surface area contributed by atoms with Gasteiger partial charge in [-0.2, -0.15) is 0 Å². The van der Waals surface area contributed by atoms with Gasteiger partial charge in [0, 0.05) is 12.5 Å². The summed E-state index contributed by atoms with van der Waals surface area (Å²) in [5, 5.41) is 21.6. The largest absolute Gasteiger partial charge is 0.481 e. The summed E-state index contributed by atoms with van der Waals surface area (Å²) in [5.74, 6) is -2.10. The molecule has 2 rings (SSSR count). The number of nitrogens with one attached hydrogen (secondary N) is 1. The van der Waals surface area contributed by atoms with E-state index in [0.717, 1.165) is 19.3 Å². The molecule has 106 valence electrons. The zero-order valence-corrected chi connectivity index (χ0v) is 10.9. The van der Waals surface area contributed by atoms with E-state index in [-0.39, 0.29) is 17.9 Å². The standard InChI is InChI=1S/C14H21NO4/c16-12-7-3-4-9(12)8-15-13(17)10-5-1-2-6-11(10)14(18)19/h1-2,9-12,16H,3-8H2,(H,15,17)(H,18,19). The molecular formula is C14H21NO4. The molecular weight excluding hydrogens is 246 g/mol. The van der Waals surface area contributed by atoms with Gasteiger partial charge in [0.15, 0.2) is 0 Å². The van der Waals surface area contributed by atoms with Crippen molar-refractivity contribution >= 4 is 11.9 Å². The highest BCUT2D eigenvalue weighted by atomic mass is 16.4. The topological polar surface area (TPSA) is 86.6 Å². The number of carboxylic acids is 1. The Morgan fingerprint density at radius 3 is 2.42 bits per heavy atom. The molecule has 0 heterocycles. The highest BCUT2D eigenvalue weighted by Crippen LogP contribution is 2.27. The predicted octanol–water partition coefficient (Wildman–Crippen LogP) is 0.931. The number of carbonyl (C=O) groups excluding carboxylic acids is 1. The molecule has 0 saturated heterocycles. The van der Waals surface area contributed by atoms with E-state index in [2.05, 4.69) is 5.32 Å². The molecule has 3 N–H and O–H groups in total. The van der Waals surface area contributed by atoms with Gasteiger partial charge in [0.1, 0.15) is 0 Å². The molecule has 4 atom stereocenters. The second kappa shape index (κ2) is 6.19. The predicted molar refractivity (Wildman–Crippen MR) is 69.3 cm³/mol. The fourth-order valence-corrected chi connectivity index (χ4v) is 3.00. The van der Waals surface area contributed by atoms with Crippen molar-refractivity contribution in [3.8, 4) is 0 Å². The number of hydrogen-bond acceptors (Lipinski definition) is 3. The first-order valence-corrected chi connectivity index (χ1v) is 6.93. The number of aliphatic hydroxyl groups excluding tert-OH is 1. The number of hydrogen-bond donors (Lipinski definition) is 3. The zero-order chi connectivity index (χ0) is 13.8. The zero-order valence-electron chi connectivity index (χ0n) is 10.9. The second-order valence-electron chi connectivity index (χ2n) is 5.50. The Balaban J connectivity index is 1.87. The Labute approximate surface area is 112 Å². The van der Waals surface area contributed by atoms with Crippen LogP contribution in [0.15, 0.2) is 12.2 Å². The first-order valence-electron chi connectivity index (χ1n) is 6.93. The summed E-state index contributed by atoms with van der Waals surface area (Å²) in [6.45, 7) is 0.451. The van der Waals surface area contributed by atoms with Gasteiger partial charge in [0.2, 0.25) is 5.91 Å². The minimum Gasteiger partial charge on any atom is -0.481 e. The van der Waals surface area contributed by atoms with Crippen LogP contribution in [-0.4, -0.2) is 34.7 Å². The lowest BCUT2D eigenvalue weighted by atomic mass is 9.82. The molecule has 0 aromatic rings. The van der Waals surface area contributed by atoms with Crippen LogP contribution < -0.4 is 5.32 Å². The summed E-state index contributed by atoms with van der Waals surface area (Å²) in [6.07, 6.45) is 6.97. The van der Waals surface area contributed by atoms with Gasteiger partial charge in [-0.05, 0) is 25.7 Å². The fraction of sp³-hybridized carbons (Fsp3) is 0.714. The number of allylic oxidation sites excluding steroid dienone is 2. The highest BCUT2D eigenvalue weighted by Gasteiger charge is 2.34. The second-order valence-corrected chi connectivity index (χ2v) is 5.50. The molecule has 2 aliphatic rings. The van der Waals surface area contributed by atoms with Crippen molar-refractivity contribution in [2.24, 2.45) is 17.8 Å². The smallest absolute Gasteiger partial charge is 0.307 e. The van der Waals surface area contributed by atoms with Crippen LogP contribution in [-0.2, 0) is 9.59 Å². The van der Waals surface area contributed by atoms with E-state index in [1.54, 1.807) is 0 Å². The highest BCUT2D eigenvalue weighted by molar-refractivity contribution is 5.85. The number of aliphatic hydroxyl groups is 1. The molecule has 0 aliphatic heterocycles. The third-order valence-corrected chi connectivity index (χ3v) is 4.24. The van der Waals surface area contributed by atoms with Gasteiger partial charge in [-0.15, -0.1) is 0 Å². The first kappa shape index (κ1) is 14.1. The molecule has 4 unspecified atom stereocenters. The lowest BCUT2D eigenvalue weighted by molar-refractivity contribution is -0.147.